The molecule has 1 heterocycles. The summed E-state index contributed by atoms with van der Waals surface area (Å²) in [5, 5.41) is 6.48. The molecule has 0 saturated heterocycles. The number of aryl methyl sites for hydroxylation is 1. The van der Waals surface area contributed by atoms with Crippen LogP contribution in [0.1, 0.15) is 71.1 Å². The van der Waals surface area contributed by atoms with Gasteiger partial charge < -0.3 is 4.57 Å². The highest BCUT2D eigenvalue weighted by Gasteiger charge is 2.05. The third-order valence-corrected chi connectivity index (χ3v) is 5.50. The predicted molar refractivity (Wildman–Crippen MR) is 103 cm³/mol. The fraction of sp³-hybridized carbons (Fsp3) is 0.632. The minimum atomic E-state index is 0.710. The van der Waals surface area contributed by atoms with Gasteiger partial charge >= 0.3 is 0 Å². The average molecular weight is 348 g/mol. The number of hydrogen-bond donors (Lipinski definition) is 0. The predicted octanol–water partition coefficient (Wildman–Crippen LogP) is 6.21. The van der Waals surface area contributed by atoms with Crippen LogP contribution in [0.4, 0.5) is 0 Å². The van der Waals surface area contributed by atoms with Gasteiger partial charge in [-0.05, 0) is 18.6 Å². The molecule has 0 amide bonds. The normalized spacial score (nSPS) is 12.1. The van der Waals surface area contributed by atoms with Crippen LogP contribution in [0.25, 0.3) is 10.2 Å². The topological polar surface area (TPSA) is 46.7 Å². The highest BCUT2D eigenvalue weighted by atomic mass is 32.1. The van der Waals surface area contributed by atoms with Crippen molar-refractivity contribution in [1.82, 2.24) is 4.57 Å². The van der Waals surface area contributed by atoms with Crippen LogP contribution in [-0.4, -0.2) is 4.57 Å². The molecule has 0 bridgehead atoms. The van der Waals surface area contributed by atoms with E-state index in [9.17, 15) is 4.91 Å². The van der Waals surface area contributed by atoms with Crippen LogP contribution in [0.3, 0.4) is 0 Å². The van der Waals surface area contributed by atoms with Crippen LogP contribution in [0.5, 0.6) is 0 Å². The number of aromatic nitrogens is 1. The number of nitrogens with zero attached hydrogens (tertiary/aromatic N) is 3. The molecule has 0 radical (unpaired) electrons. The molecule has 0 spiro atoms. The van der Waals surface area contributed by atoms with Crippen LogP contribution in [-0.2, 0) is 6.54 Å². The first-order valence-electron chi connectivity index (χ1n) is 9.31. The molecule has 132 valence electrons. The fourth-order valence-electron chi connectivity index (χ4n) is 3.11. The SMILES string of the molecule is CCCCCCCCCCCCn1/c(=N/N=O)sc2ccccc21. The Kier molecular flexibility index (Phi) is 8.74. The van der Waals surface area contributed by atoms with Crippen molar-refractivity contribution in [3.05, 3.63) is 34.0 Å². The second-order valence-corrected chi connectivity index (χ2v) is 7.38. The molecule has 24 heavy (non-hydrogen) atoms. The smallest absolute Gasteiger partial charge is 0.215 e. The van der Waals surface area contributed by atoms with Gasteiger partial charge in [0.2, 0.25) is 4.80 Å². The summed E-state index contributed by atoms with van der Waals surface area (Å²) in [6, 6.07) is 8.20. The zero-order valence-electron chi connectivity index (χ0n) is 14.7. The van der Waals surface area contributed by atoms with Crippen LogP contribution >= 0.6 is 11.3 Å². The van der Waals surface area contributed by atoms with Crippen LogP contribution < -0.4 is 4.80 Å². The van der Waals surface area contributed by atoms with Crippen molar-refractivity contribution in [2.75, 3.05) is 0 Å². The minimum Gasteiger partial charge on any atom is -0.315 e. The standard InChI is InChI=1S/C19H29N3OS/c1-2-3-4-5-6-7-8-9-10-13-16-22-17-14-11-12-15-18(17)24-19(22)20-21-23/h11-12,14-15H,2-10,13,16H2,1H3/b20-19-. The van der Waals surface area contributed by atoms with E-state index in [4.69, 9.17) is 0 Å². The second-order valence-electron chi connectivity index (χ2n) is 6.37. The van der Waals surface area contributed by atoms with Gasteiger partial charge in [-0.3, -0.25) is 0 Å². The van der Waals surface area contributed by atoms with E-state index in [2.05, 4.69) is 34.0 Å². The van der Waals surface area contributed by atoms with Crippen molar-refractivity contribution in [2.45, 2.75) is 77.7 Å². The molecular weight excluding hydrogens is 318 g/mol. The summed E-state index contributed by atoms with van der Waals surface area (Å²) in [7, 11) is 0. The van der Waals surface area contributed by atoms with E-state index < -0.39 is 0 Å². The Morgan fingerprint density at radius 2 is 1.54 bits per heavy atom. The molecule has 0 N–H and O–H groups in total. The Morgan fingerprint density at radius 3 is 2.21 bits per heavy atom. The largest absolute Gasteiger partial charge is 0.315 e. The lowest BCUT2D eigenvalue weighted by Crippen LogP contribution is -2.14. The molecule has 0 aliphatic heterocycles. The maximum atomic E-state index is 10.5. The molecular formula is C19H29N3OS. The zero-order chi connectivity index (χ0) is 17.0. The fourth-order valence-corrected chi connectivity index (χ4v) is 4.11. The van der Waals surface area contributed by atoms with Crippen molar-refractivity contribution in [2.24, 2.45) is 10.4 Å². The van der Waals surface area contributed by atoms with E-state index >= 15 is 0 Å². The highest BCUT2D eigenvalue weighted by Crippen LogP contribution is 2.18. The lowest BCUT2D eigenvalue weighted by molar-refractivity contribution is 0.535. The van der Waals surface area contributed by atoms with Crippen molar-refractivity contribution >= 4 is 21.6 Å². The second kappa shape index (κ2) is 11.1. The van der Waals surface area contributed by atoms with Gasteiger partial charge in [0.15, 0.2) is 0 Å². The first kappa shape index (κ1) is 18.8. The molecule has 0 aliphatic carbocycles. The highest BCUT2D eigenvalue weighted by molar-refractivity contribution is 7.16. The summed E-state index contributed by atoms with van der Waals surface area (Å²) in [4.78, 5) is 11.2. The number of rotatable bonds is 12. The number of thiazole rings is 1. The Hall–Kier alpha value is -1.49. The number of nitroso groups, excluding NO2 is 1. The van der Waals surface area contributed by atoms with E-state index in [-0.39, 0.29) is 0 Å². The summed E-state index contributed by atoms with van der Waals surface area (Å²) in [5.74, 6) is 0. The molecule has 1 aromatic carbocycles. The van der Waals surface area contributed by atoms with Gasteiger partial charge in [-0.2, -0.15) is 0 Å². The summed E-state index contributed by atoms with van der Waals surface area (Å²) in [6.45, 7) is 3.17. The Balaban J connectivity index is 1.73. The summed E-state index contributed by atoms with van der Waals surface area (Å²) < 4.78 is 3.29. The summed E-state index contributed by atoms with van der Waals surface area (Å²) >= 11 is 1.53. The van der Waals surface area contributed by atoms with E-state index in [1.165, 1.54) is 69.1 Å². The Labute approximate surface area is 148 Å². The first-order valence-corrected chi connectivity index (χ1v) is 10.1. The van der Waals surface area contributed by atoms with E-state index in [1.54, 1.807) is 0 Å². The van der Waals surface area contributed by atoms with Crippen molar-refractivity contribution in [1.29, 1.82) is 0 Å². The lowest BCUT2D eigenvalue weighted by atomic mass is 10.1. The van der Waals surface area contributed by atoms with Crippen LogP contribution in [0.2, 0.25) is 0 Å². The maximum Gasteiger partial charge on any atom is 0.215 e. The van der Waals surface area contributed by atoms with E-state index in [0.717, 1.165) is 23.2 Å². The number of fused-ring (bicyclic) bond motifs is 1. The van der Waals surface area contributed by atoms with Gasteiger partial charge in [0.1, 0.15) is 0 Å². The molecule has 5 heteroatoms. The summed E-state index contributed by atoms with van der Waals surface area (Å²) in [6.07, 6.45) is 13.3. The van der Waals surface area contributed by atoms with Gasteiger partial charge in [-0.25, -0.2) is 0 Å². The van der Waals surface area contributed by atoms with Crippen molar-refractivity contribution in [3.8, 4) is 0 Å². The summed E-state index contributed by atoms with van der Waals surface area (Å²) in [5.41, 5.74) is 1.15. The Bertz CT molecular complexity index is 675. The average Bonchev–Trinajstić information content (AvgIpc) is 2.94. The Morgan fingerprint density at radius 1 is 0.917 bits per heavy atom. The molecule has 0 fully saturated rings. The molecule has 0 aliphatic rings. The third-order valence-electron chi connectivity index (χ3n) is 4.45. The van der Waals surface area contributed by atoms with Crippen LogP contribution in [0.15, 0.2) is 34.7 Å². The molecule has 0 saturated carbocycles. The molecule has 1 aromatic heterocycles. The van der Waals surface area contributed by atoms with Crippen molar-refractivity contribution in [3.63, 3.8) is 0 Å². The monoisotopic (exact) mass is 347 g/mol. The maximum absolute atomic E-state index is 10.5. The molecule has 4 nitrogen and oxygen atoms in total. The lowest BCUT2D eigenvalue weighted by Gasteiger charge is -2.05. The number of para-hydroxylation sites is 1. The number of hydrogen-bond acceptors (Lipinski definition) is 3. The first-order chi connectivity index (χ1) is 11.9. The van der Waals surface area contributed by atoms with Crippen molar-refractivity contribution < 1.29 is 0 Å². The minimum absolute atomic E-state index is 0.710. The van der Waals surface area contributed by atoms with Gasteiger partial charge in [0.25, 0.3) is 0 Å². The molecule has 2 rings (SSSR count). The number of unbranched alkanes of at least 4 members (excludes halogenated alkanes) is 9. The van der Waals surface area contributed by atoms with Gasteiger partial charge in [-0.15, -0.1) is 4.91 Å². The zero-order valence-corrected chi connectivity index (χ0v) is 15.6. The van der Waals surface area contributed by atoms with Gasteiger partial charge in [-0.1, -0.05) is 93.3 Å². The van der Waals surface area contributed by atoms with Gasteiger partial charge in [0.05, 0.1) is 15.5 Å². The quantitative estimate of drug-likeness (QED) is 0.256. The van der Waals surface area contributed by atoms with E-state index in [0.29, 0.717) is 4.80 Å². The number of benzene rings is 1. The van der Waals surface area contributed by atoms with Crippen LogP contribution in [0, 0.1) is 4.91 Å². The van der Waals surface area contributed by atoms with E-state index in [1.807, 2.05) is 12.1 Å². The van der Waals surface area contributed by atoms with Gasteiger partial charge in [0, 0.05) is 6.54 Å². The third kappa shape index (κ3) is 5.86. The molecule has 0 unspecified atom stereocenters. The molecule has 0 atom stereocenters. The molecule has 2 aromatic rings.